The van der Waals surface area contributed by atoms with E-state index in [1.165, 1.54) is 78.5 Å². The molecular weight excluding hydrogens is 386 g/mol. The van der Waals surface area contributed by atoms with Crippen molar-refractivity contribution in [1.82, 2.24) is 0 Å². The highest BCUT2D eigenvalue weighted by molar-refractivity contribution is 7.99. The summed E-state index contributed by atoms with van der Waals surface area (Å²) in [5.74, 6) is 1.92. The van der Waals surface area contributed by atoms with Crippen molar-refractivity contribution in [3.63, 3.8) is 0 Å². The molecule has 1 fully saturated rings. The van der Waals surface area contributed by atoms with Gasteiger partial charge < -0.3 is 4.74 Å². The van der Waals surface area contributed by atoms with Crippen LogP contribution in [-0.4, -0.2) is 7.11 Å². The van der Waals surface area contributed by atoms with Crippen molar-refractivity contribution in [2.45, 2.75) is 74.1 Å². The summed E-state index contributed by atoms with van der Waals surface area (Å²) in [7, 11) is 1.72. The second-order valence-electron chi connectivity index (χ2n) is 8.56. The Morgan fingerprint density at radius 1 is 0.900 bits per heavy atom. The van der Waals surface area contributed by atoms with Crippen LogP contribution < -0.4 is 9.30 Å². The van der Waals surface area contributed by atoms with E-state index in [2.05, 4.69) is 59.3 Å². The molecule has 1 saturated carbocycles. The number of unbranched alkanes of at least 4 members (excludes halogenated alkanes) is 2. The smallest absolute Gasteiger partial charge is 0.212 e. The van der Waals surface area contributed by atoms with Gasteiger partial charge in [0.15, 0.2) is 6.20 Å². The largest absolute Gasteiger partial charge is 0.497 e. The lowest BCUT2D eigenvalue weighted by Crippen LogP contribution is -2.34. The number of ether oxygens (including phenoxy) is 1. The molecule has 158 valence electrons. The molecule has 0 N–H and O–H groups in total. The van der Waals surface area contributed by atoms with Crippen LogP contribution in [0.4, 0.5) is 0 Å². The topological polar surface area (TPSA) is 13.1 Å². The minimum atomic E-state index is 0.909. The number of nitrogens with zero attached hydrogens (tertiary/aromatic N) is 1. The minimum Gasteiger partial charge on any atom is -0.497 e. The van der Waals surface area contributed by atoms with Crippen LogP contribution in [0.5, 0.6) is 5.75 Å². The van der Waals surface area contributed by atoms with E-state index in [0.29, 0.717) is 0 Å². The molecule has 4 rings (SSSR count). The Morgan fingerprint density at radius 3 is 2.63 bits per heavy atom. The fourth-order valence-corrected chi connectivity index (χ4v) is 5.65. The first-order valence-electron chi connectivity index (χ1n) is 11.6. The molecule has 0 amide bonds. The van der Waals surface area contributed by atoms with Gasteiger partial charge in [0.25, 0.3) is 0 Å². The van der Waals surface area contributed by atoms with E-state index in [4.69, 9.17) is 4.74 Å². The molecule has 0 atom stereocenters. The van der Waals surface area contributed by atoms with Crippen LogP contribution in [-0.2, 0) is 6.54 Å². The first-order valence-corrected chi connectivity index (χ1v) is 12.4. The van der Waals surface area contributed by atoms with Gasteiger partial charge in [0, 0.05) is 22.8 Å². The Kier molecular flexibility index (Phi) is 7.69. The van der Waals surface area contributed by atoms with Crippen LogP contribution >= 0.6 is 11.8 Å². The summed E-state index contributed by atoms with van der Waals surface area (Å²) in [5.41, 5.74) is 1.33. The molecule has 0 unspecified atom stereocenters. The number of hydrogen-bond donors (Lipinski definition) is 0. The van der Waals surface area contributed by atoms with Crippen molar-refractivity contribution in [1.29, 1.82) is 0 Å². The van der Waals surface area contributed by atoms with Crippen LogP contribution in [0.25, 0.3) is 10.9 Å². The Hall–Kier alpha value is -2.00. The number of aromatic nitrogens is 1. The Bertz CT molecular complexity index is 949. The molecule has 1 heterocycles. The number of rotatable bonds is 9. The molecule has 3 aromatic rings. The highest BCUT2D eigenvalue weighted by Gasteiger charge is 2.14. The van der Waals surface area contributed by atoms with Gasteiger partial charge in [-0.15, -0.1) is 0 Å². The summed E-state index contributed by atoms with van der Waals surface area (Å²) in [4.78, 5) is 2.49. The highest BCUT2D eigenvalue weighted by Crippen LogP contribution is 2.31. The standard InChI is InChI=1S/C27H34NOS/c1-29-24-15-10-16-25(20-24)30-26-19-23-14-7-8-17-27(23)28(21-26)18-9-3-6-13-22-11-4-2-5-12-22/h7-8,10,14-17,19-22H,2-6,9,11-13,18H2,1H3/q+1. The summed E-state index contributed by atoms with van der Waals surface area (Å²) in [6, 6.07) is 19.4. The number of hydrogen-bond acceptors (Lipinski definition) is 2. The number of benzene rings is 2. The minimum absolute atomic E-state index is 0.909. The summed E-state index contributed by atoms with van der Waals surface area (Å²) >= 11 is 1.81. The van der Waals surface area contributed by atoms with Gasteiger partial charge in [0.05, 0.1) is 12.0 Å². The van der Waals surface area contributed by atoms with Gasteiger partial charge in [-0.1, -0.05) is 74.9 Å². The Labute approximate surface area is 185 Å². The lowest BCUT2D eigenvalue weighted by atomic mass is 9.85. The van der Waals surface area contributed by atoms with E-state index in [1.807, 2.05) is 17.8 Å². The van der Waals surface area contributed by atoms with Crippen LogP contribution in [0.1, 0.15) is 57.8 Å². The van der Waals surface area contributed by atoms with E-state index in [0.717, 1.165) is 18.2 Å². The molecular formula is C27H34NOS+. The van der Waals surface area contributed by atoms with Gasteiger partial charge in [-0.25, -0.2) is 0 Å². The second kappa shape index (κ2) is 10.9. The Balaban J connectivity index is 1.41. The summed E-state index contributed by atoms with van der Waals surface area (Å²) in [6.45, 7) is 1.09. The van der Waals surface area contributed by atoms with Crippen molar-refractivity contribution < 1.29 is 9.30 Å². The molecule has 2 nitrogen and oxygen atoms in total. The van der Waals surface area contributed by atoms with Crippen molar-refractivity contribution in [3.8, 4) is 5.75 Å². The monoisotopic (exact) mass is 420 g/mol. The number of fused-ring (bicyclic) bond motifs is 1. The zero-order valence-corrected chi connectivity index (χ0v) is 19.0. The van der Waals surface area contributed by atoms with Crippen molar-refractivity contribution in [2.24, 2.45) is 5.92 Å². The van der Waals surface area contributed by atoms with E-state index in [1.54, 1.807) is 7.11 Å². The molecule has 2 aromatic carbocycles. The fraction of sp³-hybridized carbons (Fsp3) is 0.444. The molecule has 1 aliphatic rings. The molecule has 0 spiro atoms. The maximum absolute atomic E-state index is 5.39. The molecule has 30 heavy (non-hydrogen) atoms. The van der Waals surface area contributed by atoms with Crippen LogP contribution in [0.3, 0.4) is 0 Å². The molecule has 1 aromatic heterocycles. The van der Waals surface area contributed by atoms with Crippen molar-refractivity contribution in [3.05, 3.63) is 60.8 Å². The van der Waals surface area contributed by atoms with Gasteiger partial charge in [-0.05, 0) is 42.7 Å². The van der Waals surface area contributed by atoms with Gasteiger partial charge in [-0.2, -0.15) is 4.57 Å². The molecule has 0 aliphatic heterocycles. The predicted molar refractivity (Wildman–Crippen MR) is 126 cm³/mol. The van der Waals surface area contributed by atoms with E-state index in [-0.39, 0.29) is 0 Å². The number of para-hydroxylation sites is 1. The Morgan fingerprint density at radius 2 is 1.77 bits per heavy atom. The SMILES string of the molecule is COc1cccc(Sc2cc3ccccc3[n+](CCCCCC3CCCCC3)c2)c1. The predicted octanol–water partition coefficient (Wildman–Crippen LogP) is 7.43. The lowest BCUT2D eigenvalue weighted by molar-refractivity contribution is -0.673. The maximum Gasteiger partial charge on any atom is 0.212 e. The van der Waals surface area contributed by atoms with Gasteiger partial charge in [0.1, 0.15) is 12.3 Å². The zero-order chi connectivity index (χ0) is 20.6. The lowest BCUT2D eigenvalue weighted by Gasteiger charge is -2.21. The molecule has 1 aliphatic carbocycles. The number of aryl methyl sites for hydroxylation is 1. The molecule has 0 radical (unpaired) electrons. The summed E-state index contributed by atoms with van der Waals surface area (Å²) in [6.07, 6.45) is 15.1. The molecule has 0 bridgehead atoms. The van der Waals surface area contributed by atoms with Crippen molar-refractivity contribution in [2.75, 3.05) is 7.11 Å². The van der Waals surface area contributed by atoms with E-state index in [9.17, 15) is 0 Å². The van der Waals surface area contributed by atoms with Crippen LogP contribution in [0.15, 0.2) is 70.6 Å². The highest BCUT2D eigenvalue weighted by atomic mass is 32.2. The van der Waals surface area contributed by atoms with Crippen LogP contribution in [0.2, 0.25) is 0 Å². The number of pyridine rings is 1. The third-order valence-corrected chi connectivity index (χ3v) is 7.29. The average molecular weight is 421 g/mol. The number of methoxy groups -OCH3 is 1. The van der Waals surface area contributed by atoms with Gasteiger partial charge >= 0.3 is 0 Å². The molecule has 3 heteroatoms. The van der Waals surface area contributed by atoms with Crippen LogP contribution in [0, 0.1) is 5.92 Å². The zero-order valence-electron chi connectivity index (χ0n) is 18.2. The summed E-state index contributed by atoms with van der Waals surface area (Å²) < 4.78 is 7.84. The third-order valence-electron chi connectivity index (χ3n) is 6.34. The van der Waals surface area contributed by atoms with E-state index >= 15 is 0 Å². The maximum atomic E-state index is 5.39. The fourth-order valence-electron chi connectivity index (χ4n) is 4.69. The summed E-state index contributed by atoms with van der Waals surface area (Å²) in [5, 5.41) is 1.31. The quantitative estimate of drug-likeness (QED) is 0.264. The second-order valence-corrected chi connectivity index (χ2v) is 9.71. The normalized spacial score (nSPS) is 14.8. The van der Waals surface area contributed by atoms with E-state index < -0.39 is 0 Å². The van der Waals surface area contributed by atoms with Gasteiger partial charge in [-0.3, -0.25) is 0 Å². The third kappa shape index (κ3) is 5.78. The van der Waals surface area contributed by atoms with Crippen molar-refractivity contribution >= 4 is 22.7 Å². The average Bonchev–Trinajstić information content (AvgIpc) is 2.79. The van der Waals surface area contributed by atoms with Gasteiger partial charge in [0.2, 0.25) is 5.52 Å². The molecule has 0 saturated heterocycles. The first-order chi connectivity index (χ1) is 14.8. The first kappa shape index (κ1) is 21.2.